The van der Waals surface area contributed by atoms with E-state index in [-0.39, 0.29) is 12.3 Å². The zero-order valence-electron chi connectivity index (χ0n) is 11.8. The number of H-pyrrole nitrogens is 1. The molecule has 6 heteroatoms. The summed E-state index contributed by atoms with van der Waals surface area (Å²) in [5, 5.41) is 4.61. The highest BCUT2D eigenvalue weighted by Crippen LogP contribution is 2.20. The first-order valence-corrected chi connectivity index (χ1v) is 6.66. The highest BCUT2D eigenvalue weighted by Gasteiger charge is 2.13. The van der Waals surface area contributed by atoms with Crippen molar-refractivity contribution in [2.75, 3.05) is 0 Å². The maximum absolute atomic E-state index is 12.0. The first-order valence-electron chi connectivity index (χ1n) is 6.66. The van der Waals surface area contributed by atoms with E-state index >= 15 is 0 Å². The summed E-state index contributed by atoms with van der Waals surface area (Å²) in [7, 11) is 0. The number of rotatable bonds is 7. The summed E-state index contributed by atoms with van der Waals surface area (Å²) in [6.45, 7) is 0. The molecule has 0 saturated heterocycles. The van der Waals surface area contributed by atoms with Crippen LogP contribution in [0.25, 0.3) is 10.9 Å². The highest BCUT2D eigenvalue weighted by atomic mass is 16.5. The molecule has 6 nitrogen and oxygen atoms in total. The van der Waals surface area contributed by atoms with Crippen LogP contribution in [0.3, 0.4) is 0 Å². The second kappa shape index (κ2) is 7.64. The Balaban J connectivity index is 1.97. The summed E-state index contributed by atoms with van der Waals surface area (Å²) in [6.07, 6.45) is 9.36. The van der Waals surface area contributed by atoms with E-state index in [4.69, 9.17) is 11.2 Å². The third kappa shape index (κ3) is 4.21. The van der Waals surface area contributed by atoms with Crippen LogP contribution < -0.4 is 10.2 Å². The van der Waals surface area contributed by atoms with Crippen LogP contribution in [0.15, 0.2) is 35.6 Å². The Bertz CT molecular complexity index is 728. The number of nitrogens with zero attached hydrogens (tertiary/aromatic N) is 1. The molecule has 2 N–H and O–H groups in total. The van der Waals surface area contributed by atoms with Crippen LogP contribution >= 0.6 is 0 Å². The first kappa shape index (κ1) is 15.3. The Morgan fingerprint density at radius 1 is 1.50 bits per heavy atom. The number of carbonyl (C=O) groups is 2. The molecule has 1 aromatic carbocycles. The van der Waals surface area contributed by atoms with Gasteiger partial charge < -0.3 is 9.72 Å². The average molecular weight is 297 g/mol. The van der Waals surface area contributed by atoms with Gasteiger partial charge in [-0.3, -0.25) is 15.0 Å². The van der Waals surface area contributed by atoms with Crippen molar-refractivity contribution in [1.82, 2.24) is 10.4 Å². The van der Waals surface area contributed by atoms with Crippen LogP contribution in [0.1, 0.15) is 12.8 Å². The molecule has 0 spiro atoms. The minimum absolute atomic E-state index is 0.0827. The van der Waals surface area contributed by atoms with Crippen LogP contribution in [0.4, 0.5) is 0 Å². The Labute approximate surface area is 127 Å². The van der Waals surface area contributed by atoms with Crippen molar-refractivity contribution in [3.8, 4) is 18.1 Å². The number of hydrazone groups is 1. The van der Waals surface area contributed by atoms with Gasteiger partial charge in [-0.15, -0.1) is 12.3 Å². The molecule has 0 fully saturated rings. The van der Waals surface area contributed by atoms with E-state index in [0.29, 0.717) is 18.6 Å². The van der Waals surface area contributed by atoms with E-state index in [2.05, 4.69) is 21.4 Å². The van der Waals surface area contributed by atoms with E-state index in [0.717, 1.165) is 10.9 Å². The summed E-state index contributed by atoms with van der Waals surface area (Å²) in [5.41, 5.74) is 3.11. The van der Waals surface area contributed by atoms with Gasteiger partial charge in [0.1, 0.15) is 5.75 Å². The van der Waals surface area contributed by atoms with Gasteiger partial charge in [-0.1, -0.05) is 0 Å². The van der Waals surface area contributed by atoms with Crippen molar-refractivity contribution in [3.63, 3.8) is 0 Å². The smallest absolute Gasteiger partial charge is 0.311 e. The SMILES string of the molecule is C#CCC(C=NNC=O)CC(=O)Oc1ccc2[nH]ccc2c1. The molecule has 0 aliphatic rings. The molecule has 1 unspecified atom stereocenters. The number of hydrogen-bond acceptors (Lipinski definition) is 4. The number of fused-ring (bicyclic) bond motifs is 1. The third-order valence-electron chi connectivity index (χ3n) is 2.98. The van der Waals surface area contributed by atoms with Crippen molar-refractivity contribution in [1.29, 1.82) is 0 Å². The van der Waals surface area contributed by atoms with Gasteiger partial charge >= 0.3 is 5.97 Å². The molecule has 1 atom stereocenters. The lowest BCUT2D eigenvalue weighted by atomic mass is 10.0. The second-order valence-electron chi connectivity index (χ2n) is 4.60. The lowest BCUT2D eigenvalue weighted by Crippen LogP contribution is -2.16. The maximum Gasteiger partial charge on any atom is 0.311 e. The Morgan fingerprint density at radius 3 is 3.14 bits per heavy atom. The number of aromatic nitrogens is 1. The van der Waals surface area contributed by atoms with Gasteiger partial charge in [-0.05, 0) is 24.3 Å². The van der Waals surface area contributed by atoms with Gasteiger partial charge in [0.25, 0.3) is 0 Å². The molecular weight excluding hydrogens is 282 g/mol. The Hall–Kier alpha value is -3.07. The normalized spacial score (nSPS) is 12.0. The number of nitrogens with one attached hydrogen (secondary N) is 2. The molecule has 112 valence electrons. The third-order valence-corrected chi connectivity index (χ3v) is 2.98. The molecule has 1 aromatic heterocycles. The lowest BCUT2D eigenvalue weighted by molar-refractivity contribution is -0.134. The Morgan fingerprint density at radius 2 is 2.36 bits per heavy atom. The van der Waals surface area contributed by atoms with Crippen molar-refractivity contribution in [2.45, 2.75) is 12.8 Å². The highest BCUT2D eigenvalue weighted by molar-refractivity contribution is 5.83. The van der Waals surface area contributed by atoms with E-state index in [1.165, 1.54) is 6.21 Å². The average Bonchev–Trinajstić information content (AvgIpc) is 2.95. The molecule has 0 saturated carbocycles. The fourth-order valence-corrected chi connectivity index (χ4v) is 1.99. The number of esters is 1. The standard InChI is InChI=1S/C16H15N3O3/c1-2-3-12(10-18-19-11-20)8-16(21)22-14-4-5-15-13(9-14)6-7-17-15/h1,4-7,9-12,17H,3,8H2,(H,19,20). The van der Waals surface area contributed by atoms with Gasteiger partial charge in [-0.2, -0.15) is 5.10 Å². The summed E-state index contributed by atoms with van der Waals surface area (Å²) in [4.78, 5) is 25.1. The number of terminal acetylenes is 1. The number of amides is 1. The van der Waals surface area contributed by atoms with E-state index in [1.54, 1.807) is 12.1 Å². The summed E-state index contributed by atoms with van der Waals surface area (Å²) in [5.74, 6) is 2.24. The predicted molar refractivity (Wildman–Crippen MR) is 83.2 cm³/mol. The monoisotopic (exact) mass is 297 g/mol. The van der Waals surface area contributed by atoms with Gasteiger partial charge in [0.2, 0.25) is 6.41 Å². The number of carbonyl (C=O) groups excluding carboxylic acids is 2. The summed E-state index contributed by atoms with van der Waals surface area (Å²) >= 11 is 0. The molecule has 0 aliphatic carbocycles. The molecule has 22 heavy (non-hydrogen) atoms. The van der Waals surface area contributed by atoms with Crippen molar-refractivity contribution < 1.29 is 14.3 Å². The first-order chi connectivity index (χ1) is 10.7. The lowest BCUT2D eigenvalue weighted by Gasteiger charge is -2.08. The van der Waals surface area contributed by atoms with Crippen molar-refractivity contribution >= 4 is 29.5 Å². The molecule has 2 aromatic rings. The van der Waals surface area contributed by atoms with Crippen molar-refractivity contribution in [2.24, 2.45) is 11.0 Å². The molecule has 1 heterocycles. The zero-order valence-corrected chi connectivity index (χ0v) is 11.8. The van der Waals surface area contributed by atoms with Crippen LogP contribution in [-0.4, -0.2) is 23.6 Å². The van der Waals surface area contributed by atoms with Crippen molar-refractivity contribution in [3.05, 3.63) is 30.5 Å². The predicted octanol–water partition coefficient (Wildman–Crippen LogP) is 1.83. The molecule has 2 rings (SSSR count). The fraction of sp³-hybridized carbons (Fsp3) is 0.188. The minimum atomic E-state index is -0.410. The second-order valence-corrected chi connectivity index (χ2v) is 4.60. The van der Waals surface area contributed by atoms with E-state index in [9.17, 15) is 9.59 Å². The quantitative estimate of drug-likeness (QED) is 0.204. The van der Waals surface area contributed by atoms with Gasteiger partial charge in [0.05, 0.1) is 6.42 Å². The van der Waals surface area contributed by atoms with E-state index in [1.807, 2.05) is 18.3 Å². The topological polar surface area (TPSA) is 83.6 Å². The van der Waals surface area contributed by atoms with Crippen LogP contribution in [-0.2, 0) is 9.59 Å². The van der Waals surface area contributed by atoms with E-state index < -0.39 is 5.97 Å². The van der Waals surface area contributed by atoms with Crippen LogP contribution in [0.5, 0.6) is 5.75 Å². The van der Waals surface area contributed by atoms with Gasteiger partial charge in [0.15, 0.2) is 0 Å². The molecule has 0 radical (unpaired) electrons. The molecule has 0 aliphatic heterocycles. The summed E-state index contributed by atoms with van der Waals surface area (Å²) < 4.78 is 5.30. The number of hydrogen-bond donors (Lipinski definition) is 2. The molecule has 0 bridgehead atoms. The van der Waals surface area contributed by atoms with Gasteiger partial charge in [0, 0.05) is 35.7 Å². The molecule has 1 amide bonds. The summed E-state index contributed by atoms with van der Waals surface area (Å²) in [6, 6.07) is 7.23. The number of benzene rings is 1. The Kier molecular flexibility index (Phi) is 5.32. The van der Waals surface area contributed by atoms with Gasteiger partial charge in [-0.25, -0.2) is 0 Å². The molecular formula is C16H15N3O3. The number of ether oxygens (including phenoxy) is 1. The fourth-order valence-electron chi connectivity index (χ4n) is 1.99. The van der Waals surface area contributed by atoms with Crippen LogP contribution in [0, 0.1) is 18.3 Å². The minimum Gasteiger partial charge on any atom is -0.426 e. The zero-order chi connectivity index (χ0) is 15.8. The van der Waals surface area contributed by atoms with Crippen LogP contribution in [0.2, 0.25) is 0 Å². The largest absolute Gasteiger partial charge is 0.426 e. The number of aromatic amines is 1. The maximum atomic E-state index is 12.0.